The number of amides is 2. The first-order chi connectivity index (χ1) is 8.49. The second-order valence-electron chi connectivity index (χ2n) is 4.54. The summed E-state index contributed by atoms with van der Waals surface area (Å²) in [5.74, 6) is -0.262. The molecule has 0 radical (unpaired) electrons. The lowest BCUT2D eigenvalue weighted by Crippen LogP contribution is -2.51. The molecule has 1 fully saturated rings. The van der Waals surface area contributed by atoms with Crippen molar-refractivity contribution in [2.45, 2.75) is 31.7 Å². The Labute approximate surface area is 112 Å². The van der Waals surface area contributed by atoms with Crippen LogP contribution in [0.15, 0.2) is 12.7 Å². The normalized spacial score (nSPS) is 23.2. The van der Waals surface area contributed by atoms with Gasteiger partial charge in [0.25, 0.3) is 0 Å². The number of carbonyl (C=O) groups is 2. The van der Waals surface area contributed by atoms with Gasteiger partial charge in [0.05, 0.1) is 5.37 Å². The maximum atomic E-state index is 12.1. The minimum Gasteiger partial charge on any atom is -0.480 e. The van der Waals surface area contributed by atoms with Crippen molar-refractivity contribution >= 4 is 23.8 Å². The Morgan fingerprint density at radius 2 is 2.28 bits per heavy atom. The van der Waals surface area contributed by atoms with Gasteiger partial charge >= 0.3 is 12.0 Å². The number of carboxylic acid groups (broad SMARTS) is 1. The number of carboxylic acids is 1. The number of rotatable bonds is 5. The van der Waals surface area contributed by atoms with Crippen molar-refractivity contribution in [3.05, 3.63) is 12.7 Å². The quantitative estimate of drug-likeness (QED) is 0.591. The van der Waals surface area contributed by atoms with Gasteiger partial charge in [-0.3, -0.25) is 4.90 Å². The molecule has 1 rings (SSSR count). The Morgan fingerprint density at radius 1 is 1.61 bits per heavy atom. The number of nitrogens with one attached hydrogen (secondary N) is 1. The summed E-state index contributed by atoms with van der Waals surface area (Å²) in [5.41, 5.74) is 0. The van der Waals surface area contributed by atoms with E-state index < -0.39 is 12.0 Å². The smallest absolute Gasteiger partial charge is 0.327 e. The van der Waals surface area contributed by atoms with Crippen LogP contribution >= 0.6 is 11.8 Å². The number of urea groups is 1. The number of hydrogen-bond donors (Lipinski definition) is 2. The summed E-state index contributed by atoms with van der Waals surface area (Å²) in [4.78, 5) is 24.7. The minimum absolute atomic E-state index is 0.0742. The van der Waals surface area contributed by atoms with Crippen LogP contribution in [0.25, 0.3) is 0 Å². The Kier molecular flexibility index (Phi) is 5.53. The van der Waals surface area contributed by atoms with Gasteiger partial charge in [0, 0.05) is 12.3 Å². The fourth-order valence-electron chi connectivity index (χ4n) is 1.86. The van der Waals surface area contributed by atoms with Crippen molar-refractivity contribution in [1.82, 2.24) is 10.2 Å². The average molecular weight is 272 g/mol. The van der Waals surface area contributed by atoms with Crippen molar-refractivity contribution in [2.24, 2.45) is 5.92 Å². The maximum absolute atomic E-state index is 12.1. The third-order valence-corrected chi connectivity index (χ3v) is 4.37. The lowest BCUT2D eigenvalue weighted by Gasteiger charge is -2.29. The molecular formula is C12H20N2O3S. The van der Waals surface area contributed by atoms with Crippen molar-refractivity contribution in [3.8, 4) is 0 Å². The van der Waals surface area contributed by atoms with Gasteiger partial charge in [-0.25, -0.2) is 9.59 Å². The average Bonchev–Trinajstić information content (AvgIpc) is 2.73. The highest BCUT2D eigenvalue weighted by Gasteiger charge is 2.42. The molecule has 5 nitrogen and oxygen atoms in total. The Balaban J connectivity index is 2.73. The third-order valence-electron chi connectivity index (χ3n) is 2.75. The molecule has 2 atom stereocenters. The highest BCUT2D eigenvalue weighted by molar-refractivity contribution is 8.00. The zero-order valence-electron chi connectivity index (χ0n) is 10.8. The first-order valence-electron chi connectivity index (χ1n) is 6.00. The van der Waals surface area contributed by atoms with E-state index in [-0.39, 0.29) is 17.3 Å². The molecule has 1 saturated heterocycles. The number of thioether (sulfide) groups is 1. The van der Waals surface area contributed by atoms with Gasteiger partial charge in [-0.15, -0.1) is 18.3 Å². The van der Waals surface area contributed by atoms with E-state index >= 15 is 0 Å². The summed E-state index contributed by atoms with van der Waals surface area (Å²) in [6.07, 6.45) is 2.39. The molecule has 1 aliphatic heterocycles. The fraction of sp³-hybridized carbons (Fsp3) is 0.667. The van der Waals surface area contributed by atoms with Crippen LogP contribution < -0.4 is 5.32 Å². The molecule has 2 amide bonds. The van der Waals surface area contributed by atoms with E-state index in [1.165, 1.54) is 16.7 Å². The predicted molar refractivity (Wildman–Crippen MR) is 72.6 cm³/mol. The lowest BCUT2D eigenvalue weighted by atomic mass is 10.2. The molecule has 0 bridgehead atoms. The largest absolute Gasteiger partial charge is 0.480 e. The minimum atomic E-state index is -0.940. The molecule has 2 unspecified atom stereocenters. The number of aliphatic carboxylic acids is 1. The number of nitrogens with zero attached hydrogens (tertiary/aromatic N) is 1. The third kappa shape index (κ3) is 3.41. The van der Waals surface area contributed by atoms with Gasteiger partial charge in [-0.2, -0.15) is 0 Å². The molecule has 6 heteroatoms. The standard InChI is InChI=1S/C12H20N2O3S/c1-4-5-6-13-12(17)14-9(11(15)16)7-18-10(14)8(2)3/h4,8-10H,1,5-7H2,2-3H3,(H,13,17)(H,15,16). The topological polar surface area (TPSA) is 69.6 Å². The molecule has 2 N–H and O–H groups in total. The van der Waals surface area contributed by atoms with Crippen LogP contribution in [0.4, 0.5) is 4.79 Å². The van der Waals surface area contributed by atoms with E-state index in [2.05, 4.69) is 11.9 Å². The first kappa shape index (κ1) is 14.9. The maximum Gasteiger partial charge on any atom is 0.327 e. The van der Waals surface area contributed by atoms with Crippen molar-refractivity contribution < 1.29 is 14.7 Å². The van der Waals surface area contributed by atoms with Gasteiger partial charge in [-0.1, -0.05) is 19.9 Å². The van der Waals surface area contributed by atoms with Crippen LogP contribution in [0, 0.1) is 5.92 Å². The number of carbonyl (C=O) groups excluding carboxylic acids is 1. The fourth-order valence-corrected chi connectivity index (χ4v) is 3.33. The van der Waals surface area contributed by atoms with Gasteiger partial charge in [0.1, 0.15) is 6.04 Å². The molecule has 1 aliphatic rings. The lowest BCUT2D eigenvalue weighted by molar-refractivity contribution is -0.141. The molecule has 0 aliphatic carbocycles. The van der Waals surface area contributed by atoms with Crippen LogP contribution in [-0.2, 0) is 4.79 Å². The van der Waals surface area contributed by atoms with Gasteiger partial charge < -0.3 is 10.4 Å². The van der Waals surface area contributed by atoms with E-state index in [1.54, 1.807) is 6.08 Å². The van der Waals surface area contributed by atoms with Crippen LogP contribution in [0.1, 0.15) is 20.3 Å². The van der Waals surface area contributed by atoms with Crippen LogP contribution in [0.5, 0.6) is 0 Å². The van der Waals surface area contributed by atoms with E-state index in [0.717, 1.165) is 0 Å². The second kappa shape index (κ2) is 6.68. The molecule has 0 aromatic rings. The predicted octanol–water partition coefficient (Wildman–Crippen LogP) is 1.76. The Hall–Kier alpha value is -1.17. The summed E-state index contributed by atoms with van der Waals surface area (Å²) in [7, 11) is 0. The van der Waals surface area contributed by atoms with E-state index in [4.69, 9.17) is 5.11 Å². The van der Waals surface area contributed by atoms with Crippen molar-refractivity contribution in [1.29, 1.82) is 0 Å². The van der Waals surface area contributed by atoms with Crippen molar-refractivity contribution in [3.63, 3.8) is 0 Å². The Bertz CT molecular complexity index is 333. The van der Waals surface area contributed by atoms with Gasteiger partial charge in [0.2, 0.25) is 0 Å². The van der Waals surface area contributed by atoms with E-state index in [0.29, 0.717) is 18.7 Å². The monoisotopic (exact) mass is 272 g/mol. The summed E-state index contributed by atoms with van der Waals surface area (Å²) in [6.45, 7) is 8.05. The first-order valence-corrected chi connectivity index (χ1v) is 7.05. The number of hydrogen-bond acceptors (Lipinski definition) is 3. The molecule has 1 heterocycles. The van der Waals surface area contributed by atoms with Crippen molar-refractivity contribution in [2.75, 3.05) is 12.3 Å². The molecule has 0 spiro atoms. The van der Waals surface area contributed by atoms with Crippen LogP contribution in [0.2, 0.25) is 0 Å². The zero-order chi connectivity index (χ0) is 13.7. The molecular weight excluding hydrogens is 252 g/mol. The highest BCUT2D eigenvalue weighted by atomic mass is 32.2. The second-order valence-corrected chi connectivity index (χ2v) is 5.69. The molecule has 0 saturated carbocycles. The van der Waals surface area contributed by atoms with Crippen LogP contribution in [0.3, 0.4) is 0 Å². The summed E-state index contributed by atoms with van der Waals surface area (Å²) in [6, 6.07) is -1.03. The molecule has 0 aromatic heterocycles. The molecule has 0 aromatic carbocycles. The Morgan fingerprint density at radius 3 is 2.78 bits per heavy atom. The summed E-state index contributed by atoms with van der Waals surface area (Å²) < 4.78 is 0. The summed E-state index contributed by atoms with van der Waals surface area (Å²) >= 11 is 1.53. The van der Waals surface area contributed by atoms with Crippen LogP contribution in [-0.4, -0.2) is 45.7 Å². The highest BCUT2D eigenvalue weighted by Crippen LogP contribution is 2.33. The SMILES string of the molecule is C=CCCNC(=O)N1C(C(=O)O)CSC1C(C)C. The van der Waals surface area contributed by atoms with E-state index in [9.17, 15) is 9.59 Å². The van der Waals surface area contributed by atoms with Gasteiger partial charge in [-0.05, 0) is 12.3 Å². The zero-order valence-corrected chi connectivity index (χ0v) is 11.6. The van der Waals surface area contributed by atoms with Gasteiger partial charge in [0.15, 0.2) is 0 Å². The van der Waals surface area contributed by atoms with E-state index in [1.807, 2.05) is 13.8 Å². The molecule has 102 valence electrons. The molecule has 18 heavy (non-hydrogen) atoms. The summed E-state index contributed by atoms with van der Waals surface area (Å²) in [5, 5.41) is 11.8.